The molecule has 2 N–H and O–H groups in total. The second kappa shape index (κ2) is 2.51. The predicted molar refractivity (Wildman–Crippen MR) is 47.3 cm³/mol. The highest BCUT2D eigenvalue weighted by Gasteiger charge is 2.24. The van der Waals surface area contributed by atoms with Crippen molar-refractivity contribution in [3.05, 3.63) is 21.9 Å². The summed E-state index contributed by atoms with van der Waals surface area (Å²) in [7, 11) is 0. The average Bonchev–Trinajstić information content (AvgIpc) is 2.39. The monoisotopic (exact) mass is 166 g/mol. The minimum atomic E-state index is -0.0547. The molecule has 0 amide bonds. The molecule has 1 heterocycles. The van der Waals surface area contributed by atoms with Crippen molar-refractivity contribution in [2.45, 2.75) is 32.6 Å². The lowest BCUT2D eigenvalue weighted by atomic mass is 9.82. The zero-order valence-corrected chi connectivity index (χ0v) is 7.48. The molecule has 0 fully saturated rings. The fraction of sp³-hybridized carbons (Fsp3) is 0.667. The zero-order valence-electron chi connectivity index (χ0n) is 7.48. The highest BCUT2D eigenvalue weighted by molar-refractivity contribution is 5.19. The topological polar surface area (TPSA) is 48.6 Å². The van der Waals surface area contributed by atoms with Crippen LogP contribution in [0.25, 0.3) is 0 Å². The number of aromatic nitrogens is 2. The standard InChI is InChI=1S/C9H14N2O/c1-5-3-4-7-8(6(5)2)11-9(12)10-7/h5-6H,3-4H2,1-2H3,(H2,10,11,12). The highest BCUT2D eigenvalue weighted by Crippen LogP contribution is 2.32. The second-order valence-corrected chi connectivity index (χ2v) is 3.78. The quantitative estimate of drug-likeness (QED) is 0.601. The van der Waals surface area contributed by atoms with Gasteiger partial charge in [-0.25, -0.2) is 4.79 Å². The van der Waals surface area contributed by atoms with Gasteiger partial charge in [-0.2, -0.15) is 0 Å². The number of hydrogen-bond acceptors (Lipinski definition) is 1. The van der Waals surface area contributed by atoms with Gasteiger partial charge < -0.3 is 9.97 Å². The Morgan fingerprint density at radius 1 is 1.33 bits per heavy atom. The van der Waals surface area contributed by atoms with Crippen molar-refractivity contribution in [2.24, 2.45) is 5.92 Å². The number of fused-ring (bicyclic) bond motifs is 1. The molecule has 1 aliphatic carbocycles. The number of imidazole rings is 1. The Bertz CT molecular complexity index is 337. The van der Waals surface area contributed by atoms with E-state index >= 15 is 0 Å². The Balaban J connectivity index is 2.48. The van der Waals surface area contributed by atoms with Crippen molar-refractivity contribution in [2.75, 3.05) is 0 Å². The maximum Gasteiger partial charge on any atom is 0.323 e. The molecule has 3 heteroatoms. The van der Waals surface area contributed by atoms with Crippen molar-refractivity contribution in [3.63, 3.8) is 0 Å². The van der Waals surface area contributed by atoms with Gasteiger partial charge in [-0.3, -0.25) is 0 Å². The fourth-order valence-corrected chi connectivity index (χ4v) is 1.93. The van der Waals surface area contributed by atoms with E-state index in [0.29, 0.717) is 11.8 Å². The van der Waals surface area contributed by atoms with Crippen LogP contribution in [0.1, 0.15) is 37.6 Å². The van der Waals surface area contributed by atoms with Crippen LogP contribution in [0.15, 0.2) is 4.79 Å². The molecule has 1 aromatic heterocycles. The van der Waals surface area contributed by atoms with Crippen LogP contribution in [0.5, 0.6) is 0 Å². The maximum absolute atomic E-state index is 11.0. The van der Waals surface area contributed by atoms with E-state index in [1.165, 1.54) is 6.42 Å². The van der Waals surface area contributed by atoms with E-state index < -0.39 is 0 Å². The maximum atomic E-state index is 11.0. The van der Waals surface area contributed by atoms with Crippen molar-refractivity contribution in [1.82, 2.24) is 9.97 Å². The van der Waals surface area contributed by atoms with E-state index in [2.05, 4.69) is 23.8 Å². The molecule has 0 aromatic carbocycles. The first kappa shape index (κ1) is 7.65. The number of rotatable bonds is 0. The Morgan fingerprint density at radius 3 is 2.83 bits per heavy atom. The van der Waals surface area contributed by atoms with Crippen LogP contribution in [-0.2, 0) is 6.42 Å². The largest absolute Gasteiger partial charge is 0.323 e. The minimum Gasteiger partial charge on any atom is -0.310 e. The van der Waals surface area contributed by atoms with Crippen LogP contribution < -0.4 is 5.69 Å². The molecule has 66 valence electrons. The highest BCUT2D eigenvalue weighted by atomic mass is 16.1. The van der Waals surface area contributed by atoms with Gasteiger partial charge in [-0.05, 0) is 18.8 Å². The first-order valence-electron chi connectivity index (χ1n) is 4.49. The Hall–Kier alpha value is -0.990. The Labute approximate surface area is 71.2 Å². The Kier molecular flexibility index (Phi) is 1.60. The van der Waals surface area contributed by atoms with Gasteiger partial charge in [-0.1, -0.05) is 13.8 Å². The molecule has 1 aliphatic rings. The van der Waals surface area contributed by atoms with Gasteiger partial charge in [0.05, 0.1) is 0 Å². The van der Waals surface area contributed by atoms with E-state index in [4.69, 9.17) is 0 Å². The smallest absolute Gasteiger partial charge is 0.310 e. The lowest BCUT2D eigenvalue weighted by Gasteiger charge is -2.24. The van der Waals surface area contributed by atoms with Crippen LogP contribution >= 0.6 is 0 Å². The van der Waals surface area contributed by atoms with E-state index in [1.807, 2.05) is 0 Å². The summed E-state index contributed by atoms with van der Waals surface area (Å²) in [5.74, 6) is 1.18. The molecule has 2 rings (SSSR count). The Morgan fingerprint density at radius 2 is 2.08 bits per heavy atom. The van der Waals surface area contributed by atoms with E-state index in [1.54, 1.807) is 0 Å². The molecule has 0 saturated heterocycles. The fourth-order valence-electron chi connectivity index (χ4n) is 1.93. The van der Waals surface area contributed by atoms with Crippen LogP contribution in [0.4, 0.5) is 0 Å². The number of nitrogens with one attached hydrogen (secondary N) is 2. The van der Waals surface area contributed by atoms with E-state index in [-0.39, 0.29) is 5.69 Å². The lowest BCUT2D eigenvalue weighted by Crippen LogP contribution is -2.15. The first-order valence-corrected chi connectivity index (χ1v) is 4.49. The molecule has 0 aliphatic heterocycles. The molecule has 2 atom stereocenters. The third-order valence-electron chi connectivity index (χ3n) is 3.00. The second-order valence-electron chi connectivity index (χ2n) is 3.78. The summed E-state index contributed by atoms with van der Waals surface area (Å²) < 4.78 is 0. The summed E-state index contributed by atoms with van der Waals surface area (Å²) in [6.45, 7) is 4.41. The number of hydrogen-bond donors (Lipinski definition) is 2. The molecule has 0 spiro atoms. The summed E-state index contributed by atoms with van der Waals surface area (Å²) in [5, 5.41) is 0. The van der Waals surface area contributed by atoms with E-state index in [9.17, 15) is 4.79 Å². The summed E-state index contributed by atoms with van der Waals surface area (Å²) in [6.07, 6.45) is 2.20. The first-order chi connectivity index (χ1) is 5.68. The zero-order chi connectivity index (χ0) is 8.72. The normalized spacial score (nSPS) is 28.5. The van der Waals surface area contributed by atoms with Crippen LogP contribution in [0.3, 0.4) is 0 Å². The molecular formula is C9H14N2O. The summed E-state index contributed by atoms with van der Waals surface area (Å²) >= 11 is 0. The van der Waals surface area contributed by atoms with Crippen molar-refractivity contribution < 1.29 is 0 Å². The molecule has 0 saturated carbocycles. The molecular weight excluding hydrogens is 152 g/mol. The molecule has 1 aromatic rings. The third-order valence-corrected chi connectivity index (χ3v) is 3.00. The number of aryl methyl sites for hydroxylation is 1. The summed E-state index contributed by atoms with van der Waals surface area (Å²) in [6, 6.07) is 0. The van der Waals surface area contributed by atoms with Gasteiger partial charge in [0, 0.05) is 17.3 Å². The molecule has 0 radical (unpaired) electrons. The molecule has 12 heavy (non-hydrogen) atoms. The number of aromatic amines is 2. The van der Waals surface area contributed by atoms with Crippen molar-refractivity contribution in [1.29, 1.82) is 0 Å². The van der Waals surface area contributed by atoms with Gasteiger partial charge in [-0.15, -0.1) is 0 Å². The lowest BCUT2D eigenvalue weighted by molar-refractivity contribution is 0.417. The van der Waals surface area contributed by atoms with Gasteiger partial charge in [0.1, 0.15) is 0 Å². The predicted octanol–water partition coefficient (Wildman–Crippen LogP) is 1.39. The van der Waals surface area contributed by atoms with Crippen LogP contribution in [-0.4, -0.2) is 9.97 Å². The van der Waals surface area contributed by atoms with Crippen LogP contribution in [0.2, 0.25) is 0 Å². The van der Waals surface area contributed by atoms with Crippen molar-refractivity contribution >= 4 is 0 Å². The van der Waals surface area contributed by atoms with Crippen LogP contribution in [0, 0.1) is 5.92 Å². The minimum absolute atomic E-state index is 0.0547. The SMILES string of the molecule is CC1CCc2[nH]c(=O)[nH]c2C1C. The van der Waals surface area contributed by atoms with Gasteiger partial charge >= 0.3 is 5.69 Å². The van der Waals surface area contributed by atoms with Crippen molar-refractivity contribution in [3.8, 4) is 0 Å². The summed E-state index contributed by atoms with van der Waals surface area (Å²) in [4.78, 5) is 16.7. The average molecular weight is 166 g/mol. The molecule has 0 bridgehead atoms. The number of H-pyrrole nitrogens is 2. The summed E-state index contributed by atoms with van der Waals surface area (Å²) in [5.41, 5.74) is 2.19. The van der Waals surface area contributed by atoms with Gasteiger partial charge in [0.25, 0.3) is 0 Å². The third kappa shape index (κ3) is 1.00. The van der Waals surface area contributed by atoms with Gasteiger partial charge in [0.2, 0.25) is 0 Å². The van der Waals surface area contributed by atoms with Gasteiger partial charge in [0.15, 0.2) is 0 Å². The molecule has 3 nitrogen and oxygen atoms in total. The molecule has 2 unspecified atom stereocenters. The van der Waals surface area contributed by atoms with E-state index in [0.717, 1.165) is 17.8 Å².